The minimum Gasteiger partial charge on any atom is -0.346 e. The van der Waals surface area contributed by atoms with Crippen LogP contribution >= 0.6 is 23.4 Å². The Labute approximate surface area is 213 Å². The van der Waals surface area contributed by atoms with Crippen LogP contribution in [0.1, 0.15) is 46.7 Å². The van der Waals surface area contributed by atoms with Gasteiger partial charge in [0.2, 0.25) is 5.91 Å². The van der Waals surface area contributed by atoms with Gasteiger partial charge in [-0.3, -0.25) is 9.59 Å². The number of hydrogen-bond donors (Lipinski definition) is 3. The van der Waals surface area contributed by atoms with Crippen LogP contribution in [0.2, 0.25) is 5.02 Å². The fourth-order valence-corrected chi connectivity index (χ4v) is 4.60. The Kier molecular flexibility index (Phi) is 8.45. The van der Waals surface area contributed by atoms with E-state index in [9.17, 15) is 9.59 Å². The molecule has 0 saturated carbocycles. The number of hydrogen-bond acceptors (Lipinski definition) is 4. The summed E-state index contributed by atoms with van der Waals surface area (Å²) < 4.78 is 0. The van der Waals surface area contributed by atoms with Crippen molar-refractivity contribution in [2.24, 2.45) is 0 Å². The third kappa shape index (κ3) is 6.44. The maximum absolute atomic E-state index is 13.2. The van der Waals surface area contributed by atoms with Gasteiger partial charge in [-0.25, -0.2) is 4.98 Å². The van der Waals surface area contributed by atoms with Crippen LogP contribution in [0.25, 0.3) is 11.0 Å². The lowest BCUT2D eigenvalue weighted by Gasteiger charge is -2.22. The Balaban J connectivity index is 1.52. The first-order chi connectivity index (χ1) is 17.0. The van der Waals surface area contributed by atoms with Crippen molar-refractivity contribution >= 4 is 46.2 Å². The van der Waals surface area contributed by atoms with Crippen LogP contribution in [-0.4, -0.2) is 33.8 Å². The molecular formula is C27H27ClN4O2S. The van der Waals surface area contributed by atoms with Gasteiger partial charge in [-0.2, -0.15) is 11.8 Å². The molecule has 2 amide bonds. The van der Waals surface area contributed by atoms with Gasteiger partial charge in [0.05, 0.1) is 40.1 Å². The SMILES string of the molecule is CSCC[C@@H](NC(=O)CC(NC(=O)c1ccccc1Cl)c1ccccc1)c1nc2ccccc2[nH]1. The molecule has 2 atom stereocenters. The summed E-state index contributed by atoms with van der Waals surface area (Å²) in [5, 5.41) is 6.48. The standard InChI is InChI=1S/C27H27ClN4O2S/c1-35-16-15-23(26-30-21-13-7-8-14-22(21)31-26)29-25(33)17-24(18-9-3-2-4-10-18)32-27(34)19-11-5-6-12-20(19)28/h2-14,23-24H,15-17H2,1H3,(H,29,33)(H,30,31)(H,32,34)/t23-,24?/m1/s1. The number of rotatable bonds is 10. The van der Waals surface area contributed by atoms with Crippen molar-refractivity contribution in [2.75, 3.05) is 12.0 Å². The number of halogens is 1. The molecule has 0 aliphatic rings. The number of carbonyl (C=O) groups excluding carboxylic acids is 2. The highest BCUT2D eigenvalue weighted by Crippen LogP contribution is 2.23. The zero-order valence-corrected chi connectivity index (χ0v) is 20.9. The highest BCUT2D eigenvalue weighted by molar-refractivity contribution is 7.98. The van der Waals surface area contributed by atoms with Gasteiger partial charge >= 0.3 is 0 Å². The third-order valence-corrected chi connectivity index (χ3v) is 6.67. The zero-order valence-electron chi connectivity index (χ0n) is 19.3. The van der Waals surface area contributed by atoms with Gasteiger partial charge in [-0.15, -0.1) is 0 Å². The normalized spacial score (nSPS) is 12.7. The molecule has 1 unspecified atom stereocenters. The van der Waals surface area contributed by atoms with E-state index >= 15 is 0 Å². The maximum atomic E-state index is 13.2. The summed E-state index contributed by atoms with van der Waals surface area (Å²) in [6.45, 7) is 0. The Morgan fingerprint density at radius 2 is 1.66 bits per heavy atom. The van der Waals surface area contributed by atoms with Crippen LogP contribution in [0, 0.1) is 0 Å². The van der Waals surface area contributed by atoms with E-state index in [2.05, 4.69) is 15.6 Å². The van der Waals surface area contributed by atoms with Crippen molar-refractivity contribution in [1.82, 2.24) is 20.6 Å². The quantitative estimate of drug-likeness (QED) is 0.258. The molecule has 3 N–H and O–H groups in total. The molecule has 0 fully saturated rings. The van der Waals surface area contributed by atoms with Crippen molar-refractivity contribution in [1.29, 1.82) is 0 Å². The molecule has 1 heterocycles. The summed E-state index contributed by atoms with van der Waals surface area (Å²) >= 11 is 7.93. The summed E-state index contributed by atoms with van der Waals surface area (Å²) in [6.07, 6.45) is 2.85. The Morgan fingerprint density at radius 3 is 2.40 bits per heavy atom. The molecule has 35 heavy (non-hydrogen) atoms. The predicted octanol–water partition coefficient (Wildman–Crippen LogP) is 5.69. The fraction of sp³-hybridized carbons (Fsp3) is 0.222. The van der Waals surface area contributed by atoms with Gasteiger partial charge in [-0.05, 0) is 48.3 Å². The molecule has 4 aromatic rings. The minimum absolute atomic E-state index is 0.0796. The molecule has 3 aromatic carbocycles. The van der Waals surface area contributed by atoms with E-state index < -0.39 is 6.04 Å². The third-order valence-electron chi connectivity index (χ3n) is 5.70. The van der Waals surface area contributed by atoms with Crippen molar-refractivity contribution in [3.8, 4) is 0 Å². The molecule has 0 spiro atoms. The number of fused-ring (bicyclic) bond motifs is 1. The molecule has 0 saturated heterocycles. The number of amides is 2. The van der Waals surface area contributed by atoms with E-state index in [0.29, 0.717) is 10.6 Å². The van der Waals surface area contributed by atoms with Crippen molar-refractivity contribution in [3.63, 3.8) is 0 Å². The maximum Gasteiger partial charge on any atom is 0.253 e. The number of thioether (sulfide) groups is 1. The lowest BCUT2D eigenvalue weighted by Crippen LogP contribution is -2.36. The molecule has 0 bridgehead atoms. The second-order valence-corrected chi connectivity index (χ2v) is 9.55. The Bertz CT molecular complexity index is 1260. The van der Waals surface area contributed by atoms with E-state index in [1.54, 1.807) is 36.0 Å². The van der Waals surface area contributed by atoms with Crippen molar-refractivity contribution in [2.45, 2.75) is 24.9 Å². The van der Waals surface area contributed by atoms with E-state index in [1.165, 1.54) is 0 Å². The number of H-pyrrole nitrogens is 1. The average molecular weight is 507 g/mol. The lowest BCUT2D eigenvalue weighted by atomic mass is 10.0. The number of aromatic amines is 1. The zero-order chi connectivity index (χ0) is 24.6. The average Bonchev–Trinajstić information content (AvgIpc) is 3.31. The van der Waals surface area contributed by atoms with Crippen LogP contribution in [0.3, 0.4) is 0 Å². The first kappa shape index (κ1) is 24.8. The summed E-state index contributed by atoms with van der Waals surface area (Å²) in [5.74, 6) is 1.09. The van der Waals surface area contributed by atoms with Crippen LogP contribution < -0.4 is 10.6 Å². The molecule has 8 heteroatoms. The summed E-state index contributed by atoms with van der Waals surface area (Å²) in [4.78, 5) is 34.2. The van der Waals surface area contributed by atoms with E-state index in [0.717, 1.165) is 34.6 Å². The monoisotopic (exact) mass is 506 g/mol. The second-order valence-electron chi connectivity index (χ2n) is 8.16. The van der Waals surface area contributed by atoms with Crippen molar-refractivity contribution < 1.29 is 9.59 Å². The topological polar surface area (TPSA) is 86.9 Å². The second kappa shape index (κ2) is 11.9. The molecule has 0 radical (unpaired) electrons. The summed E-state index contributed by atoms with van der Waals surface area (Å²) in [7, 11) is 0. The smallest absolute Gasteiger partial charge is 0.253 e. The van der Waals surface area contributed by atoms with Crippen LogP contribution in [-0.2, 0) is 4.79 Å². The number of carbonyl (C=O) groups is 2. The highest BCUT2D eigenvalue weighted by atomic mass is 35.5. The number of nitrogens with one attached hydrogen (secondary N) is 3. The van der Waals surface area contributed by atoms with Gasteiger partial charge in [0.15, 0.2) is 0 Å². The lowest BCUT2D eigenvalue weighted by molar-refractivity contribution is -0.122. The molecule has 0 aliphatic carbocycles. The van der Waals surface area contributed by atoms with E-state index in [1.807, 2.05) is 60.9 Å². The van der Waals surface area contributed by atoms with Gasteiger partial charge in [-0.1, -0.05) is 66.2 Å². The molecule has 0 aliphatic heterocycles. The number of nitrogens with zero attached hydrogens (tertiary/aromatic N) is 1. The fourth-order valence-electron chi connectivity index (χ4n) is 3.91. The van der Waals surface area contributed by atoms with Crippen molar-refractivity contribution in [3.05, 3.63) is 101 Å². The molecule has 4 rings (SSSR count). The molecule has 6 nitrogen and oxygen atoms in total. The Morgan fingerprint density at radius 1 is 0.943 bits per heavy atom. The summed E-state index contributed by atoms with van der Waals surface area (Å²) in [5.41, 5.74) is 3.00. The molecular weight excluding hydrogens is 480 g/mol. The highest BCUT2D eigenvalue weighted by Gasteiger charge is 2.23. The summed E-state index contributed by atoms with van der Waals surface area (Å²) in [6, 6.07) is 23.4. The largest absolute Gasteiger partial charge is 0.346 e. The van der Waals surface area contributed by atoms with E-state index in [-0.39, 0.29) is 24.3 Å². The molecule has 1 aromatic heterocycles. The number of aromatic nitrogens is 2. The first-order valence-corrected chi connectivity index (χ1v) is 13.2. The van der Waals surface area contributed by atoms with E-state index in [4.69, 9.17) is 16.6 Å². The minimum atomic E-state index is -0.517. The number of para-hydroxylation sites is 2. The van der Waals surface area contributed by atoms with Gasteiger partial charge in [0.25, 0.3) is 5.91 Å². The van der Waals surface area contributed by atoms with Gasteiger partial charge < -0.3 is 15.6 Å². The number of benzene rings is 3. The van der Waals surface area contributed by atoms with Gasteiger partial charge in [0, 0.05) is 0 Å². The number of imidazole rings is 1. The molecule has 180 valence electrons. The van der Waals surface area contributed by atoms with Crippen LogP contribution in [0.5, 0.6) is 0 Å². The predicted molar refractivity (Wildman–Crippen MR) is 143 cm³/mol. The van der Waals surface area contributed by atoms with Gasteiger partial charge in [0.1, 0.15) is 5.82 Å². The van der Waals surface area contributed by atoms with Crippen LogP contribution in [0.4, 0.5) is 0 Å². The first-order valence-electron chi connectivity index (χ1n) is 11.4. The Hall–Kier alpha value is -3.29. The van der Waals surface area contributed by atoms with Crippen LogP contribution in [0.15, 0.2) is 78.9 Å².